The lowest BCUT2D eigenvalue weighted by atomic mass is 10.1. The van der Waals surface area contributed by atoms with Gasteiger partial charge in [-0.15, -0.1) is 0 Å². The minimum absolute atomic E-state index is 0.203. The maximum absolute atomic E-state index is 15.1. The van der Waals surface area contributed by atoms with Crippen LogP contribution in [0.15, 0.2) is 72.8 Å². The Kier molecular flexibility index (Phi) is 16.6. The Labute approximate surface area is 531 Å². The molecule has 0 amide bonds. The van der Waals surface area contributed by atoms with Crippen molar-refractivity contribution in [2.45, 2.75) is 61.8 Å². The zero-order chi connectivity index (χ0) is 73.5. The SMILES string of the molecule is FC(F)(F)c1c2nc(c(C(F)(F)F)c3ccc([nH]3)c(C(F)(F)F)c3ccc([nH]3)c(C(F)(F)F)c3nc(c(C(F)(F)F)c4ccc([nH]4)c(C(F)(F)F)c4nc(c(C(F)(F)F)c5ccc([nH]5)c(C(F)(F)F)c5ccc([nH]5)c(C(F)(F)F)c5nc(c(C(F)(F)F)c6ccc1[nH]6)C=C5)C=C4)C=C3)C=C2. The first-order chi connectivity index (χ1) is 45.9. The quantitative estimate of drug-likeness (QED) is 0.0840. The summed E-state index contributed by atoms with van der Waals surface area (Å²) in [6, 6.07) is 2.86. The smallest absolute Gasteiger partial charge is 0.354 e. The third-order valence-corrected chi connectivity index (χ3v) is 14.8. The third-order valence-electron chi connectivity index (χ3n) is 14.8. The molecule has 10 nitrogen and oxygen atoms in total. The molecule has 0 unspecified atom stereocenters. The molecule has 0 saturated carbocycles. The number of H-pyrrole nitrogens is 6. The predicted molar refractivity (Wildman–Crippen MR) is 298 cm³/mol. The van der Waals surface area contributed by atoms with Gasteiger partial charge in [0.2, 0.25) is 0 Å². The van der Waals surface area contributed by atoms with Gasteiger partial charge in [-0.25, -0.2) is 19.9 Å². The lowest BCUT2D eigenvalue weighted by molar-refractivity contribution is -0.138. The highest BCUT2D eigenvalue weighted by atomic mass is 19.4. The third kappa shape index (κ3) is 13.6. The summed E-state index contributed by atoms with van der Waals surface area (Å²) in [4.78, 5) is 23.4. The van der Waals surface area contributed by atoms with Crippen molar-refractivity contribution in [1.82, 2.24) is 49.8 Å². The predicted octanol–water partition coefficient (Wildman–Crippen LogP) is 22.1. The van der Waals surface area contributed by atoms with E-state index in [0.29, 0.717) is 0 Å². The minimum atomic E-state index is -5.84. The fourth-order valence-corrected chi connectivity index (χ4v) is 11.1. The second-order valence-electron chi connectivity index (χ2n) is 21.3. The van der Waals surface area contributed by atoms with Gasteiger partial charge >= 0.3 is 61.8 Å². The van der Waals surface area contributed by atoms with Gasteiger partial charge in [-0.05, 0) is 121 Å². The summed E-state index contributed by atoms with van der Waals surface area (Å²) in [6.07, 6.45) is -56.8. The number of hydrogen-bond acceptors (Lipinski definition) is 4. The van der Waals surface area contributed by atoms with Crippen LogP contribution in [0.5, 0.6) is 0 Å². The Morgan fingerprint density at radius 2 is 0.240 bits per heavy atom. The lowest BCUT2D eigenvalue weighted by Crippen LogP contribution is -2.10. The van der Waals surface area contributed by atoms with Crippen molar-refractivity contribution in [1.29, 1.82) is 0 Å². The maximum Gasteiger partial charge on any atom is 0.420 e. The molecule has 526 valence electrons. The minimum Gasteiger partial charge on any atom is -0.354 e. The number of alkyl halides is 30. The highest BCUT2D eigenvalue weighted by molar-refractivity contribution is 5.88. The van der Waals surface area contributed by atoms with Gasteiger partial charge in [-0.3, -0.25) is 0 Å². The molecular formula is C60H26F30N10. The van der Waals surface area contributed by atoms with Crippen LogP contribution in [0.3, 0.4) is 0 Å². The number of nitrogens with one attached hydrogen (secondary N) is 6. The number of hydrogen-bond donors (Lipinski definition) is 6. The standard InChI is InChI=1S/C60H26F30N10/c61-51(62,63)41-21-1-2-22(91-21)42(52(64,65)66)24-5-6-26(93-24)44(54(70,71)72)28-9-10-30(95-28)46(56(76,77)78)32-13-14-34(97-32)48(58(82,83)84)36-17-18-38(99-36)50(60(88,89)90)40-20-19-39(100-40)49(59(85,86)87)37-16-15-35(98-37)47(57(79,80)81)33-12-11-31(96-33)45(55(73,74)75)29-8-7-27(94-29)43(53(67,68)69)25-4-3-23(41)92-25/h1-20,91-92,95-96,99-100H. The van der Waals surface area contributed by atoms with Crippen molar-refractivity contribution < 1.29 is 132 Å². The molecular weight excluding hydrogens is 1430 g/mol. The van der Waals surface area contributed by atoms with Crippen molar-refractivity contribution in [3.8, 4) is 0 Å². The van der Waals surface area contributed by atoms with E-state index >= 15 is 132 Å². The molecule has 0 aliphatic carbocycles. The van der Waals surface area contributed by atoms with E-state index in [2.05, 4.69) is 19.9 Å². The number of aromatic amines is 6. The molecule has 11 heterocycles. The second-order valence-corrected chi connectivity index (χ2v) is 21.3. The van der Waals surface area contributed by atoms with Crippen LogP contribution in [0.2, 0.25) is 0 Å². The molecule has 0 aromatic carbocycles. The number of rotatable bonds is 0. The summed E-state index contributed by atoms with van der Waals surface area (Å²) in [5.41, 5.74) is -51.6. The molecule has 4 aliphatic rings. The van der Waals surface area contributed by atoms with Crippen LogP contribution in [0.1, 0.15) is 101 Å². The molecule has 7 aromatic heterocycles. The monoisotopic (exact) mass is 1460 g/mol. The average Bonchev–Trinajstić information content (AvgIpc) is 1.62. The van der Waals surface area contributed by atoms with Crippen LogP contribution < -0.4 is 0 Å². The first kappa shape index (κ1) is 70.7. The summed E-state index contributed by atoms with van der Waals surface area (Å²) >= 11 is 0. The molecule has 0 radical (unpaired) electrons. The molecule has 40 heteroatoms. The van der Waals surface area contributed by atoms with Crippen LogP contribution in [0.4, 0.5) is 132 Å². The van der Waals surface area contributed by atoms with Crippen molar-refractivity contribution >= 4 is 115 Å². The van der Waals surface area contributed by atoms with E-state index in [1.165, 1.54) is 0 Å². The molecule has 6 N–H and O–H groups in total. The van der Waals surface area contributed by atoms with Gasteiger partial charge in [0.05, 0.1) is 112 Å². The molecule has 0 saturated heterocycles. The Hall–Kier alpha value is -10.6. The van der Waals surface area contributed by atoms with Crippen LogP contribution in [0, 0.1) is 0 Å². The maximum atomic E-state index is 15.1. The summed E-state index contributed by atoms with van der Waals surface area (Å²) < 4.78 is 452. The summed E-state index contributed by atoms with van der Waals surface area (Å²) in [5.74, 6) is 0. The van der Waals surface area contributed by atoms with Crippen LogP contribution in [-0.2, 0) is 61.8 Å². The zero-order valence-electron chi connectivity index (χ0n) is 47.7. The Balaban J connectivity index is 1.27. The molecule has 0 spiro atoms. The first-order valence-corrected chi connectivity index (χ1v) is 27.1. The summed E-state index contributed by atoms with van der Waals surface area (Å²) in [7, 11) is 0. The fraction of sp³-hybridized carbons (Fsp3) is 0.167. The van der Waals surface area contributed by atoms with Crippen molar-refractivity contribution in [3.63, 3.8) is 0 Å². The van der Waals surface area contributed by atoms with E-state index in [4.69, 9.17) is 0 Å². The zero-order valence-corrected chi connectivity index (χ0v) is 47.7. The van der Waals surface area contributed by atoms with Crippen molar-refractivity contribution in [3.05, 3.63) is 174 Å². The van der Waals surface area contributed by atoms with Crippen molar-refractivity contribution in [2.24, 2.45) is 0 Å². The van der Waals surface area contributed by atoms with Gasteiger partial charge in [0.1, 0.15) is 55.6 Å². The van der Waals surface area contributed by atoms with Gasteiger partial charge < -0.3 is 29.9 Å². The van der Waals surface area contributed by atoms with Gasteiger partial charge in [0.15, 0.2) is 0 Å². The van der Waals surface area contributed by atoms with Crippen LogP contribution >= 0.6 is 0 Å². The number of nitrogens with zero attached hydrogens (tertiary/aromatic N) is 4. The molecule has 100 heavy (non-hydrogen) atoms. The van der Waals surface area contributed by atoms with Crippen LogP contribution in [-0.4, -0.2) is 49.8 Å². The van der Waals surface area contributed by atoms with Gasteiger partial charge in [0, 0.05) is 0 Å². The second kappa shape index (κ2) is 23.5. The van der Waals surface area contributed by atoms with E-state index in [1.54, 1.807) is 29.9 Å². The van der Waals surface area contributed by atoms with E-state index in [9.17, 15) is 0 Å². The molecule has 11 rings (SSSR count). The normalized spacial score (nSPS) is 14.1. The fourth-order valence-electron chi connectivity index (χ4n) is 11.1. The highest BCUT2D eigenvalue weighted by Gasteiger charge is 2.46. The highest BCUT2D eigenvalue weighted by Crippen LogP contribution is 2.48. The van der Waals surface area contributed by atoms with Gasteiger partial charge in [0.25, 0.3) is 0 Å². The van der Waals surface area contributed by atoms with Crippen LogP contribution in [0.25, 0.3) is 115 Å². The Morgan fingerprint density at radius 3 is 0.330 bits per heavy atom. The number of halogens is 30. The van der Waals surface area contributed by atoms with E-state index in [-0.39, 0.29) is 121 Å². The molecule has 20 bridgehead atoms. The van der Waals surface area contributed by atoms with Crippen molar-refractivity contribution in [2.75, 3.05) is 0 Å². The number of fused-ring (bicyclic) bond motifs is 20. The molecule has 7 aromatic rings. The average molecular weight is 1460 g/mol. The largest absolute Gasteiger partial charge is 0.420 e. The Morgan fingerprint density at radius 1 is 0.150 bits per heavy atom. The van der Waals surface area contributed by atoms with E-state index < -0.39 is 229 Å². The molecule has 0 atom stereocenters. The summed E-state index contributed by atoms with van der Waals surface area (Å²) in [6.45, 7) is 0. The topological polar surface area (TPSA) is 146 Å². The first-order valence-electron chi connectivity index (χ1n) is 27.1. The molecule has 0 fully saturated rings. The summed E-state index contributed by atoms with van der Waals surface area (Å²) in [5, 5.41) is 0. The van der Waals surface area contributed by atoms with E-state index in [0.717, 1.165) is 0 Å². The van der Waals surface area contributed by atoms with Gasteiger partial charge in [-0.1, -0.05) is 0 Å². The van der Waals surface area contributed by atoms with Gasteiger partial charge in [-0.2, -0.15) is 132 Å². The van der Waals surface area contributed by atoms with E-state index in [1.807, 2.05) is 0 Å². The Bertz CT molecular complexity index is 4640. The lowest BCUT2D eigenvalue weighted by Gasteiger charge is -2.10. The number of aromatic nitrogens is 10. The molecule has 4 aliphatic heterocycles.